The van der Waals surface area contributed by atoms with Gasteiger partial charge in [0.05, 0.1) is 0 Å². The number of rotatable bonds is 0. The van der Waals surface area contributed by atoms with Gasteiger partial charge in [0.15, 0.2) is 0 Å². The van der Waals surface area contributed by atoms with Gasteiger partial charge in [0.2, 0.25) is 0 Å². The van der Waals surface area contributed by atoms with E-state index in [0.717, 1.165) is 10.8 Å². The summed E-state index contributed by atoms with van der Waals surface area (Å²) in [6.07, 6.45) is 14.0. The van der Waals surface area contributed by atoms with Gasteiger partial charge in [-0.1, -0.05) is 24.3 Å². The molecule has 0 aromatic rings. The van der Waals surface area contributed by atoms with Crippen LogP contribution in [0.25, 0.3) is 0 Å². The van der Waals surface area contributed by atoms with Crippen molar-refractivity contribution < 1.29 is 10.8 Å². The van der Waals surface area contributed by atoms with E-state index in [1.807, 2.05) is 0 Å². The van der Waals surface area contributed by atoms with E-state index >= 15 is 0 Å². The molecule has 0 radical (unpaired) electrons. The van der Waals surface area contributed by atoms with Crippen molar-refractivity contribution in [2.45, 2.75) is 25.7 Å². The summed E-state index contributed by atoms with van der Waals surface area (Å²) in [4.78, 5) is 0. The molecule has 0 aromatic carbocycles. The first-order chi connectivity index (χ1) is 5.41. The molecule has 1 rings (SSSR count). The molecule has 0 N–H and O–H groups in total. The third-order valence-electron chi connectivity index (χ3n) is 1.33. The predicted molar refractivity (Wildman–Crippen MR) is 64.8 cm³/mol. The molecule has 0 aliphatic heterocycles. The van der Waals surface area contributed by atoms with Crippen molar-refractivity contribution in [3.05, 3.63) is 24.3 Å². The van der Waals surface area contributed by atoms with Crippen LogP contribution in [0, 0.1) is 0 Å². The molecule has 0 unspecified atom stereocenters. The second-order valence-electron chi connectivity index (χ2n) is 2.14. The van der Waals surface area contributed by atoms with Gasteiger partial charge < -0.3 is 0 Å². The van der Waals surface area contributed by atoms with E-state index in [0.29, 0.717) is 0 Å². The molecule has 0 saturated carbocycles. The van der Waals surface area contributed by atoms with E-state index in [1.54, 1.807) is 0 Å². The first-order valence-electron chi connectivity index (χ1n) is 3.54. The Morgan fingerprint density at radius 2 is 0.909 bits per heavy atom. The van der Waals surface area contributed by atoms with Gasteiger partial charge >= 0.3 is 49.8 Å². The molecule has 0 amide bonds. The van der Waals surface area contributed by atoms with Gasteiger partial charge in [-0.3, -0.25) is 0 Å². The fraction of sp³-hybridized carbons (Fsp3) is 0.500. The zero-order valence-electron chi connectivity index (χ0n) is 6.21. The second kappa shape index (κ2) is 11.6. The Morgan fingerprint density at radius 1 is 0.727 bits per heavy atom. The van der Waals surface area contributed by atoms with E-state index in [4.69, 9.17) is 0 Å². The molecule has 68 valence electrons. The van der Waals surface area contributed by atoms with Crippen molar-refractivity contribution in [3.8, 4) is 0 Å². The SMILES string of the molecule is C1=CCC/C=C\CC1.[I][Pd][I]. The summed E-state index contributed by atoms with van der Waals surface area (Å²) < 4.78 is 0. The first-order valence-corrected chi connectivity index (χ1v) is 12.8. The summed E-state index contributed by atoms with van der Waals surface area (Å²) in [6, 6.07) is 0. The summed E-state index contributed by atoms with van der Waals surface area (Å²) in [5, 5.41) is 0. The monoisotopic (exact) mass is 468 g/mol. The van der Waals surface area contributed by atoms with E-state index in [-0.39, 0.29) is 0 Å². The van der Waals surface area contributed by atoms with Crippen molar-refractivity contribution >= 4 is 39.0 Å². The van der Waals surface area contributed by atoms with E-state index in [2.05, 4.69) is 63.3 Å². The van der Waals surface area contributed by atoms with Crippen LogP contribution in [0.3, 0.4) is 0 Å². The molecule has 0 atom stereocenters. The standard InChI is InChI=1S/C8H12.2HI.Pd/c1-2-4-6-8-7-5-3-1;;;/h1-2,7-8H,3-6H2;2*1H;/q;;;+2/p-2/b2-1-,8-7?;;;. The Balaban J connectivity index is 0.000000292. The Hall–Kier alpha value is 1.60. The maximum atomic E-state index is 2.33. The van der Waals surface area contributed by atoms with Crippen LogP contribution in [0.5, 0.6) is 0 Å². The molecule has 0 nitrogen and oxygen atoms in total. The molecule has 0 heterocycles. The Morgan fingerprint density at radius 3 is 1.09 bits per heavy atom. The van der Waals surface area contributed by atoms with E-state index < -0.39 is 0 Å². The van der Waals surface area contributed by atoms with Gasteiger partial charge in [0, 0.05) is 0 Å². The van der Waals surface area contributed by atoms with Gasteiger partial charge in [-0.25, -0.2) is 0 Å². The molecule has 0 aromatic heterocycles. The predicted octanol–water partition coefficient (Wildman–Crippen LogP) is 4.44. The molecule has 0 spiro atoms. The molecule has 0 bridgehead atoms. The fourth-order valence-corrected chi connectivity index (χ4v) is 0.856. The number of allylic oxidation sites excluding steroid dienone is 4. The van der Waals surface area contributed by atoms with Crippen molar-refractivity contribution in [3.63, 3.8) is 0 Å². The Labute approximate surface area is 98.4 Å². The summed E-state index contributed by atoms with van der Waals surface area (Å²) >= 11 is 4.65. The van der Waals surface area contributed by atoms with Gasteiger partial charge in [0.1, 0.15) is 0 Å². The first kappa shape index (κ1) is 12.6. The van der Waals surface area contributed by atoms with Crippen molar-refractivity contribution in [1.82, 2.24) is 0 Å². The van der Waals surface area contributed by atoms with Gasteiger partial charge in [0.25, 0.3) is 0 Å². The number of hydrogen-bond donors (Lipinski definition) is 0. The minimum atomic E-state index is 0.890. The van der Waals surface area contributed by atoms with Crippen LogP contribution in [0.15, 0.2) is 24.3 Å². The molecule has 3 heteroatoms. The zero-order valence-corrected chi connectivity index (χ0v) is 12.1. The molecule has 0 fully saturated rings. The van der Waals surface area contributed by atoms with Gasteiger partial charge in [-0.15, -0.1) is 0 Å². The third-order valence-corrected chi connectivity index (χ3v) is 1.33. The Kier molecular flexibility index (Phi) is 13.3. The summed E-state index contributed by atoms with van der Waals surface area (Å²) in [7, 11) is 0.890. The fourth-order valence-electron chi connectivity index (χ4n) is 0.856. The van der Waals surface area contributed by atoms with Gasteiger partial charge in [-0.05, 0) is 25.7 Å². The molecule has 1 aliphatic carbocycles. The summed E-state index contributed by atoms with van der Waals surface area (Å²) in [5.41, 5.74) is 0. The number of hydrogen-bond acceptors (Lipinski definition) is 0. The Bertz CT molecular complexity index is 95.3. The van der Waals surface area contributed by atoms with Crippen LogP contribution in [0.1, 0.15) is 25.7 Å². The van der Waals surface area contributed by atoms with E-state index in [1.165, 1.54) is 25.7 Å². The van der Waals surface area contributed by atoms with Crippen LogP contribution in [0.2, 0.25) is 0 Å². The maximum absolute atomic E-state index is 2.33. The zero-order chi connectivity index (χ0) is 8.36. The molecule has 1 aliphatic rings. The van der Waals surface area contributed by atoms with Crippen molar-refractivity contribution in [2.24, 2.45) is 0 Å². The molecular weight excluding hydrogens is 456 g/mol. The topological polar surface area (TPSA) is 0 Å². The number of halogens is 2. The third kappa shape index (κ3) is 11.6. The molecule has 0 saturated heterocycles. The van der Waals surface area contributed by atoms with Crippen LogP contribution >= 0.6 is 39.0 Å². The van der Waals surface area contributed by atoms with Gasteiger partial charge in [-0.2, -0.15) is 0 Å². The quantitative estimate of drug-likeness (QED) is 0.280. The van der Waals surface area contributed by atoms with Crippen LogP contribution < -0.4 is 0 Å². The average molecular weight is 468 g/mol. The van der Waals surface area contributed by atoms with E-state index in [9.17, 15) is 0 Å². The molecular formula is C8H12I2Pd. The van der Waals surface area contributed by atoms with Crippen LogP contribution in [0.4, 0.5) is 0 Å². The second-order valence-corrected chi connectivity index (χ2v) is 14.1. The minimum absolute atomic E-state index is 0.890. The summed E-state index contributed by atoms with van der Waals surface area (Å²) in [6.45, 7) is 0. The van der Waals surface area contributed by atoms with Crippen LogP contribution in [-0.4, -0.2) is 0 Å². The normalized spacial score (nSPS) is 19.5. The summed E-state index contributed by atoms with van der Waals surface area (Å²) in [5.74, 6) is 0. The van der Waals surface area contributed by atoms with Crippen molar-refractivity contribution in [2.75, 3.05) is 0 Å². The van der Waals surface area contributed by atoms with Crippen molar-refractivity contribution in [1.29, 1.82) is 0 Å². The van der Waals surface area contributed by atoms with Crippen LogP contribution in [-0.2, 0) is 10.8 Å². The average Bonchev–Trinajstić information content (AvgIpc) is 1.86. The molecule has 11 heavy (non-hydrogen) atoms.